The summed E-state index contributed by atoms with van der Waals surface area (Å²) in [6, 6.07) is 13.4. The van der Waals surface area contributed by atoms with Gasteiger partial charge in [-0.1, -0.05) is 23.8 Å². The predicted molar refractivity (Wildman–Crippen MR) is 116 cm³/mol. The minimum atomic E-state index is -0.224. The Bertz CT molecular complexity index is 998. The predicted octanol–water partition coefficient (Wildman–Crippen LogP) is 6.12. The fourth-order valence-corrected chi connectivity index (χ4v) is 4.72. The largest absolute Gasteiger partial charge is 0.302 e. The van der Waals surface area contributed by atoms with Crippen LogP contribution in [0.4, 0.5) is 8.78 Å². The van der Waals surface area contributed by atoms with E-state index in [0.29, 0.717) is 0 Å². The molecular weight excluding hydrogens is 386 g/mol. The van der Waals surface area contributed by atoms with Crippen molar-refractivity contribution < 1.29 is 8.78 Å². The van der Waals surface area contributed by atoms with Crippen LogP contribution in [0.2, 0.25) is 0 Å². The van der Waals surface area contributed by atoms with Gasteiger partial charge in [0.15, 0.2) is 0 Å². The summed E-state index contributed by atoms with van der Waals surface area (Å²) < 4.78 is 26.6. The maximum Gasteiger partial charge on any atom is 0.123 e. The quantitative estimate of drug-likeness (QED) is 0.504. The first-order valence-electron chi connectivity index (χ1n) is 9.96. The highest BCUT2D eigenvalue weighted by Gasteiger charge is 2.17. The van der Waals surface area contributed by atoms with Crippen LogP contribution in [-0.4, -0.2) is 29.5 Å². The van der Waals surface area contributed by atoms with Crippen molar-refractivity contribution in [1.29, 1.82) is 0 Å². The van der Waals surface area contributed by atoms with E-state index >= 15 is 0 Å². The van der Waals surface area contributed by atoms with Crippen LogP contribution in [0, 0.1) is 18.6 Å². The molecule has 2 nitrogen and oxygen atoms in total. The van der Waals surface area contributed by atoms with Crippen LogP contribution in [0.3, 0.4) is 0 Å². The molecule has 0 saturated carbocycles. The smallest absolute Gasteiger partial charge is 0.123 e. The summed E-state index contributed by atoms with van der Waals surface area (Å²) in [5, 5.41) is 1.04. The molecule has 1 aliphatic rings. The molecule has 0 radical (unpaired) electrons. The van der Waals surface area contributed by atoms with E-state index in [1.54, 1.807) is 35.6 Å². The topological polar surface area (TPSA) is 16.1 Å². The molecule has 1 saturated heterocycles. The van der Waals surface area contributed by atoms with Crippen molar-refractivity contribution >= 4 is 17.4 Å². The summed E-state index contributed by atoms with van der Waals surface area (Å²) in [6.07, 6.45) is 5.10. The molecule has 29 heavy (non-hydrogen) atoms. The second kappa shape index (κ2) is 8.97. The molecule has 0 atom stereocenters. The van der Waals surface area contributed by atoms with Gasteiger partial charge in [0.25, 0.3) is 0 Å². The molecule has 2 heterocycles. The molecule has 0 unspecified atom stereocenters. The van der Waals surface area contributed by atoms with E-state index in [1.165, 1.54) is 28.6 Å². The van der Waals surface area contributed by atoms with Crippen molar-refractivity contribution in [2.45, 2.75) is 26.2 Å². The van der Waals surface area contributed by atoms with Crippen LogP contribution in [-0.2, 0) is 6.42 Å². The standard InChI is InChI=1S/C24H24F2N2S/c1-17-27-24(20-5-7-21(25)8-6-20)23(29-17)11-14-28-12-9-18(10-13-28)15-19-3-2-4-22(26)16-19/h2-8,15-16H,9-14H2,1H3. The van der Waals surface area contributed by atoms with E-state index in [9.17, 15) is 8.78 Å². The lowest BCUT2D eigenvalue weighted by atomic mass is 10.0. The van der Waals surface area contributed by atoms with Gasteiger partial charge in [-0.2, -0.15) is 0 Å². The lowest BCUT2D eigenvalue weighted by Gasteiger charge is -2.28. The first-order valence-corrected chi connectivity index (χ1v) is 10.8. The Hall–Kier alpha value is -2.37. The summed E-state index contributed by atoms with van der Waals surface area (Å²) >= 11 is 1.73. The highest BCUT2D eigenvalue weighted by Crippen LogP contribution is 2.29. The Morgan fingerprint density at radius 3 is 2.52 bits per heavy atom. The molecule has 0 bridgehead atoms. The number of nitrogens with zero attached hydrogens (tertiary/aromatic N) is 2. The number of hydrogen-bond donors (Lipinski definition) is 0. The number of aryl methyl sites for hydroxylation is 1. The number of halogens is 2. The number of aromatic nitrogens is 1. The summed E-state index contributed by atoms with van der Waals surface area (Å²) in [6.45, 7) is 5.05. The summed E-state index contributed by atoms with van der Waals surface area (Å²) in [5.74, 6) is -0.411. The molecule has 2 aromatic carbocycles. The molecule has 4 rings (SSSR count). The van der Waals surface area contributed by atoms with E-state index in [4.69, 9.17) is 0 Å². The van der Waals surface area contributed by atoms with E-state index in [-0.39, 0.29) is 11.6 Å². The average molecular weight is 411 g/mol. The summed E-state index contributed by atoms with van der Waals surface area (Å²) in [4.78, 5) is 8.42. The molecule has 1 aliphatic heterocycles. The Kier molecular flexibility index (Phi) is 6.16. The first kappa shape index (κ1) is 19.9. The molecule has 0 amide bonds. The molecule has 3 aromatic rings. The average Bonchev–Trinajstić information content (AvgIpc) is 3.09. The Balaban J connectivity index is 1.36. The molecule has 1 aromatic heterocycles. The second-order valence-corrected chi connectivity index (χ2v) is 8.75. The molecular formula is C24H24F2N2S. The van der Waals surface area contributed by atoms with Gasteiger partial charge in [-0.15, -0.1) is 11.3 Å². The van der Waals surface area contributed by atoms with Crippen molar-refractivity contribution in [3.63, 3.8) is 0 Å². The number of piperidine rings is 1. The molecule has 0 N–H and O–H groups in total. The lowest BCUT2D eigenvalue weighted by Crippen LogP contribution is -2.32. The van der Waals surface area contributed by atoms with Gasteiger partial charge in [-0.3, -0.25) is 0 Å². The van der Waals surface area contributed by atoms with E-state index in [1.807, 2.05) is 13.0 Å². The van der Waals surface area contributed by atoms with Gasteiger partial charge in [-0.05, 0) is 68.1 Å². The van der Waals surface area contributed by atoms with Crippen LogP contribution in [0.1, 0.15) is 28.3 Å². The maximum atomic E-state index is 13.4. The Labute approximate surface area is 174 Å². The van der Waals surface area contributed by atoms with Crippen molar-refractivity contribution in [2.24, 2.45) is 0 Å². The zero-order chi connectivity index (χ0) is 20.2. The summed E-state index contributed by atoms with van der Waals surface area (Å²) in [7, 11) is 0. The number of likely N-dealkylation sites (tertiary alicyclic amines) is 1. The lowest BCUT2D eigenvalue weighted by molar-refractivity contribution is 0.261. The Morgan fingerprint density at radius 1 is 1.03 bits per heavy atom. The molecule has 5 heteroatoms. The van der Waals surface area contributed by atoms with Crippen molar-refractivity contribution in [3.8, 4) is 11.3 Å². The second-order valence-electron chi connectivity index (χ2n) is 7.46. The summed E-state index contributed by atoms with van der Waals surface area (Å²) in [5.41, 5.74) is 4.28. The third-order valence-corrected chi connectivity index (χ3v) is 6.33. The normalized spacial score (nSPS) is 14.9. The van der Waals surface area contributed by atoms with Gasteiger partial charge in [0.2, 0.25) is 0 Å². The maximum absolute atomic E-state index is 13.4. The first-order chi connectivity index (χ1) is 14.1. The van der Waals surface area contributed by atoms with E-state index in [2.05, 4.69) is 16.0 Å². The molecule has 0 spiro atoms. The fourth-order valence-electron chi connectivity index (χ4n) is 3.77. The van der Waals surface area contributed by atoms with Crippen LogP contribution in [0.5, 0.6) is 0 Å². The van der Waals surface area contributed by atoms with Gasteiger partial charge in [-0.25, -0.2) is 13.8 Å². The number of hydrogen-bond acceptors (Lipinski definition) is 3. The minimum absolute atomic E-state index is 0.186. The van der Waals surface area contributed by atoms with Crippen LogP contribution >= 0.6 is 11.3 Å². The number of benzene rings is 2. The SMILES string of the molecule is Cc1nc(-c2ccc(F)cc2)c(CCN2CCC(=Cc3cccc(F)c3)CC2)s1. The zero-order valence-corrected chi connectivity index (χ0v) is 17.3. The molecule has 0 aliphatic carbocycles. The van der Waals surface area contributed by atoms with Gasteiger partial charge in [0.05, 0.1) is 10.7 Å². The van der Waals surface area contributed by atoms with Crippen molar-refractivity contribution in [3.05, 3.63) is 81.2 Å². The van der Waals surface area contributed by atoms with Gasteiger partial charge >= 0.3 is 0 Å². The minimum Gasteiger partial charge on any atom is -0.302 e. The van der Waals surface area contributed by atoms with Crippen molar-refractivity contribution in [1.82, 2.24) is 9.88 Å². The Morgan fingerprint density at radius 2 is 1.79 bits per heavy atom. The van der Waals surface area contributed by atoms with Crippen LogP contribution in [0.15, 0.2) is 54.1 Å². The van der Waals surface area contributed by atoms with Crippen molar-refractivity contribution in [2.75, 3.05) is 19.6 Å². The van der Waals surface area contributed by atoms with E-state index < -0.39 is 0 Å². The monoisotopic (exact) mass is 410 g/mol. The van der Waals surface area contributed by atoms with Crippen LogP contribution < -0.4 is 0 Å². The van der Waals surface area contributed by atoms with Gasteiger partial charge < -0.3 is 4.90 Å². The highest BCUT2D eigenvalue weighted by molar-refractivity contribution is 7.12. The molecule has 150 valence electrons. The van der Waals surface area contributed by atoms with E-state index in [0.717, 1.165) is 60.7 Å². The molecule has 1 fully saturated rings. The third-order valence-electron chi connectivity index (χ3n) is 5.29. The fraction of sp³-hybridized carbons (Fsp3) is 0.292. The zero-order valence-electron chi connectivity index (χ0n) is 16.5. The third kappa shape index (κ3) is 5.17. The van der Waals surface area contributed by atoms with Gasteiger partial charge in [0.1, 0.15) is 11.6 Å². The van der Waals surface area contributed by atoms with Gasteiger partial charge in [0, 0.05) is 30.1 Å². The number of rotatable bonds is 5. The van der Waals surface area contributed by atoms with Crippen LogP contribution in [0.25, 0.3) is 17.3 Å². The highest BCUT2D eigenvalue weighted by atomic mass is 32.1. The number of thiazole rings is 1.